The number of carbonyl (C=O) groups excluding carboxylic acids is 1. The number of benzene rings is 2. The van der Waals surface area contributed by atoms with Gasteiger partial charge in [-0.3, -0.25) is 4.79 Å². The molecule has 0 aliphatic carbocycles. The highest BCUT2D eigenvalue weighted by Crippen LogP contribution is 2.29. The molecule has 1 heterocycles. The minimum absolute atomic E-state index is 0.125. The van der Waals surface area contributed by atoms with Crippen molar-refractivity contribution in [1.82, 2.24) is 0 Å². The molecule has 0 aromatic heterocycles. The fourth-order valence-corrected chi connectivity index (χ4v) is 2.93. The molecule has 120 valence electrons. The molecule has 0 radical (unpaired) electrons. The molecule has 1 fully saturated rings. The average Bonchev–Trinajstić information content (AvgIpc) is 3.04. The summed E-state index contributed by atoms with van der Waals surface area (Å²) in [6, 6.07) is 12.5. The van der Waals surface area contributed by atoms with Gasteiger partial charge >= 0.3 is 0 Å². The highest BCUT2D eigenvalue weighted by atomic mass is 19.1. The lowest BCUT2D eigenvalue weighted by Crippen LogP contribution is -2.22. The van der Waals surface area contributed by atoms with Gasteiger partial charge in [-0.05, 0) is 43.5 Å². The summed E-state index contributed by atoms with van der Waals surface area (Å²) in [4.78, 5) is 14.5. The van der Waals surface area contributed by atoms with Crippen LogP contribution in [0.2, 0.25) is 0 Å². The monoisotopic (exact) mass is 312 g/mol. The molecular formula is C19H21FN2O. The van der Waals surface area contributed by atoms with Crippen LogP contribution in [-0.2, 0) is 11.2 Å². The largest absolute Gasteiger partial charge is 0.370 e. The van der Waals surface area contributed by atoms with E-state index in [-0.39, 0.29) is 18.1 Å². The molecule has 0 spiro atoms. The second kappa shape index (κ2) is 6.82. The molecule has 0 saturated carbocycles. The maximum Gasteiger partial charge on any atom is 0.228 e. The predicted molar refractivity (Wildman–Crippen MR) is 91.4 cm³/mol. The van der Waals surface area contributed by atoms with Crippen molar-refractivity contribution >= 4 is 17.3 Å². The number of amides is 1. The van der Waals surface area contributed by atoms with Crippen LogP contribution in [0.5, 0.6) is 0 Å². The number of carbonyl (C=O) groups is 1. The smallest absolute Gasteiger partial charge is 0.228 e. The molecule has 1 amide bonds. The van der Waals surface area contributed by atoms with Gasteiger partial charge in [0.15, 0.2) is 0 Å². The minimum Gasteiger partial charge on any atom is -0.370 e. The molecular weight excluding hydrogens is 291 g/mol. The Morgan fingerprint density at radius 2 is 1.83 bits per heavy atom. The van der Waals surface area contributed by atoms with Gasteiger partial charge in [0.05, 0.1) is 17.8 Å². The van der Waals surface area contributed by atoms with Crippen LogP contribution in [0.25, 0.3) is 0 Å². The number of aryl methyl sites for hydroxylation is 1. The van der Waals surface area contributed by atoms with Crippen molar-refractivity contribution in [1.29, 1.82) is 0 Å². The molecule has 2 aromatic rings. The first-order chi connectivity index (χ1) is 11.1. The summed E-state index contributed by atoms with van der Waals surface area (Å²) in [5.74, 6) is -0.460. The number of nitrogens with zero attached hydrogens (tertiary/aromatic N) is 1. The van der Waals surface area contributed by atoms with E-state index in [4.69, 9.17) is 0 Å². The van der Waals surface area contributed by atoms with Crippen molar-refractivity contribution in [2.45, 2.75) is 26.2 Å². The van der Waals surface area contributed by atoms with Gasteiger partial charge in [-0.25, -0.2) is 4.39 Å². The summed E-state index contributed by atoms with van der Waals surface area (Å²) in [7, 11) is 0. The van der Waals surface area contributed by atoms with Gasteiger partial charge in [0.25, 0.3) is 0 Å². The second-order valence-corrected chi connectivity index (χ2v) is 6.07. The Morgan fingerprint density at radius 1 is 1.13 bits per heavy atom. The van der Waals surface area contributed by atoms with Gasteiger partial charge in [0.1, 0.15) is 5.82 Å². The highest BCUT2D eigenvalue weighted by Gasteiger charge is 2.17. The van der Waals surface area contributed by atoms with Crippen molar-refractivity contribution < 1.29 is 9.18 Å². The van der Waals surface area contributed by atoms with Gasteiger partial charge in [0, 0.05) is 13.1 Å². The van der Waals surface area contributed by atoms with Gasteiger partial charge in [-0.1, -0.05) is 29.8 Å². The minimum atomic E-state index is -0.335. The molecule has 0 unspecified atom stereocenters. The molecule has 1 aliphatic heterocycles. The van der Waals surface area contributed by atoms with E-state index in [9.17, 15) is 9.18 Å². The average molecular weight is 312 g/mol. The van der Waals surface area contributed by atoms with E-state index in [1.54, 1.807) is 6.07 Å². The number of rotatable bonds is 4. The van der Waals surface area contributed by atoms with E-state index in [0.717, 1.165) is 42.7 Å². The summed E-state index contributed by atoms with van der Waals surface area (Å²) in [5.41, 5.74) is 3.58. The van der Waals surface area contributed by atoms with Gasteiger partial charge in [-0.2, -0.15) is 0 Å². The van der Waals surface area contributed by atoms with Gasteiger partial charge < -0.3 is 10.2 Å². The quantitative estimate of drug-likeness (QED) is 0.928. The van der Waals surface area contributed by atoms with E-state index < -0.39 is 0 Å². The van der Waals surface area contributed by atoms with Crippen LogP contribution in [0.3, 0.4) is 0 Å². The van der Waals surface area contributed by atoms with Crippen molar-refractivity contribution in [3.8, 4) is 0 Å². The van der Waals surface area contributed by atoms with Crippen LogP contribution < -0.4 is 10.2 Å². The van der Waals surface area contributed by atoms with Crippen molar-refractivity contribution in [2.75, 3.05) is 23.3 Å². The maximum atomic E-state index is 13.6. The third kappa shape index (κ3) is 3.89. The Morgan fingerprint density at radius 3 is 2.52 bits per heavy atom. The molecule has 1 aliphatic rings. The Kier molecular flexibility index (Phi) is 4.60. The summed E-state index contributed by atoms with van der Waals surface area (Å²) < 4.78 is 13.6. The molecule has 2 aromatic carbocycles. The SMILES string of the molecule is Cc1ccc(CC(=O)Nc2cc(F)ccc2N2CCCC2)cc1. The molecule has 3 rings (SSSR count). The van der Waals surface area contributed by atoms with Crippen LogP contribution in [0.1, 0.15) is 24.0 Å². The normalized spacial score (nSPS) is 14.1. The molecule has 23 heavy (non-hydrogen) atoms. The molecule has 1 saturated heterocycles. The number of hydrogen-bond donors (Lipinski definition) is 1. The zero-order chi connectivity index (χ0) is 16.2. The zero-order valence-electron chi connectivity index (χ0n) is 13.3. The van der Waals surface area contributed by atoms with Crippen molar-refractivity contribution in [3.05, 3.63) is 59.4 Å². The van der Waals surface area contributed by atoms with Crippen LogP contribution in [-0.4, -0.2) is 19.0 Å². The fraction of sp³-hybridized carbons (Fsp3) is 0.316. The maximum absolute atomic E-state index is 13.6. The second-order valence-electron chi connectivity index (χ2n) is 6.07. The third-order valence-corrected chi connectivity index (χ3v) is 4.16. The van der Waals surface area contributed by atoms with E-state index in [0.29, 0.717) is 5.69 Å². The lowest BCUT2D eigenvalue weighted by Gasteiger charge is -2.21. The predicted octanol–water partition coefficient (Wildman–Crippen LogP) is 3.92. The van der Waals surface area contributed by atoms with E-state index >= 15 is 0 Å². The molecule has 0 atom stereocenters. The van der Waals surface area contributed by atoms with Gasteiger partial charge in [0.2, 0.25) is 5.91 Å². The van der Waals surface area contributed by atoms with E-state index in [1.807, 2.05) is 31.2 Å². The van der Waals surface area contributed by atoms with Crippen molar-refractivity contribution in [3.63, 3.8) is 0 Å². The van der Waals surface area contributed by atoms with E-state index in [1.165, 1.54) is 12.1 Å². The van der Waals surface area contributed by atoms with Crippen LogP contribution in [0.15, 0.2) is 42.5 Å². The standard InChI is InChI=1S/C19H21FN2O/c1-14-4-6-15(7-5-14)12-19(23)21-17-13-16(20)8-9-18(17)22-10-2-3-11-22/h4-9,13H,2-3,10-12H2,1H3,(H,21,23). The molecule has 0 bridgehead atoms. The first-order valence-electron chi connectivity index (χ1n) is 8.02. The number of hydrogen-bond acceptors (Lipinski definition) is 2. The molecule has 3 nitrogen and oxygen atoms in total. The zero-order valence-corrected chi connectivity index (χ0v) is 13.3. The van der Waals surface area contributed by atoms with Crippen LogP contribution in [0.4, 0.5) is 15.8 Å². The third-order valence-electron chi connectivity index (χ3n) is 4.16. The summed E-state index contributed by atoms with van der Waals surface area (Å²) in [5, 5.41) is 2.87. The Hall–Kier alpha value is -2.36. The number of nitrogens with one attached hydrogen (secondary N) is 1. The summed E-state index contributed by atoms with van der Waals surface area (Å²) in [6.45, 7) is 3.91. The lowest BCUT2D eigenvalue weighted by atomic mass is 10.1. The Bertz CT molecular complexity index is 691. The van der Waals surface area contributed by atoms with Gasteiger partial charge in [-0.15, -0.1) is 0 Å². The first-order valence-corrected chi connectivity index (χ1v) is 8.02. The lowest BCUT2D eigenvalue weighted by molar-refractivity contribution is -0.115. The number of anilines is 2. The first kappa shape index (κ1) is 15.5. The summed E-state index contributed by atoms with van der Waals surface area (Å²) >= 11 is 0. The van der Waals surface area contributed by atoms with Crippen LogP contribution in [0, 0.1) is 12.7 Å². The number of halogens is 1. The van der Waals surface area contributed by atoms with E-state index in [2.05, 4.69) is 10.2 Å². The fourth-order valence-electron chi connectivity index (χ4n) is 2.93. The summed E-state index contributed by atoms with van der Waals surface area (Å²) in [6.07, 6.45) is 2.55. The van der Waals surface area contributed by atoms with Crippen molar-refractivity contribution in [2.24, 2.45) is 0 Å². The molecule has 4 heteroatoms. The molecule has 1 N–H and O–H groups in total. The Balaban J connectivity index is 1.74. The Labute approximate surface area is 136 Å². The highest BCUT2D eigenvalue weighted by molar-refractivity contribution is 5.95. The topological polar surface area (TPSA) is 32.3 Å². The van der Waals surface area contributed by atoms with Crippen LogP contribution >= 0.6 is 0 Å².